The van der Waals surface area contributed by atoms with Gasteiger partial charge in [-0.2, -0.15) is 0 Å². The average molecular weight is 448 g/mol. The molecule has 1 aliphatic rings. The van der Waals surface area contributed by atoms with Gasteiger partial charge in [-0.05, 0) is 80.2 Å². The van der Waals surface area contributed by atoms with E-state index in [9.17, 15) is 8.42 Å². The molecule has 0 saturated heterocycles. The molecule has 3 rings (SSSR count). The van der Waals surface area contributed by atoms with E-state index in [-0.39, 0.29) is 9.79 Å². The van der Waals surface area contributed by atoms with Gasteiger partial charge < -0.3 is 9.47 Å². The third kappa shape index (κ3) is 6.89. The van der Waals surface area contributed by atoms with Crippen molar-refractivity contribution >= 4 is 23.1 Å². The van der Waals surface area contributed by atoms with Crippen LogP contribution in [0.4, 0.5) is 0 Å². The van der Waals surface area contributed by atoms with E-state index in [0.29, 0.717) is 17.8 Å². The van der Waals surface area contributed by atoms with Gasteiger partial charge in [-0.25, -0.2) is 8.42 Å². The number of hydrogen-bond acceptors (Lipinski definition) is 4. The summed E-state index contributed by atoms with van der Waals surface area (Å²) in [6.07, 6.45) is 12.1. The van der Waals surface area contributed by atoms with Crippen molar-refractivity contribution < 1.29 is 17.9 Å². The summed E-state index contributed by atoms with van der Waals surface area (Å²) in [6.45, 7) is 5.14. The zero-order valence-electron chi connectivity index (χ0n) is 18.3. The number of allylic oxidation sites excluding steroid dienone is 5. The molecular weight excluding hydrogens is 419 g/mol. The molecule has 0 saturated carbocycles. The molecule has 0 heterocycles. The van der Waals surface area contributed by atoms with E-state index in [2.05, 4.69) is 12.7 Å². The van der Waals surface area contributed by atoms with Crippen molar-refractivity contribution in [3.8, 4) is 5.75 Å². The fourth-order valence-electron chi connectivity index (χ4n) is 3.37. The van der Waals surface area contributed by atoms with Crippen LogP contribution in [0.25, 0.3) is 0 Å². The van der Waals surface area contributed by atoms with Crippen LogP contribution in [0.5, 0.6) is 5.75 Å². The van der Waals surface area contributed by atoms with Gasteiger partial charge in [0.1, 0.15) is 13.6 Å². The predicted octanol–water partition coefficient (Wildman–Crippen LogP) is 5.06. The molecule has 4 nitrogen and oxygen atoms in total. The molecule has 0 aliphatic heterocycles. The highest BCUT2D eigenvalue weighted by atomic mass is 32.2. The zero-order valence-corrected chi connectivity index (χ0v) is 19.1. The number of sulfone groups is 1. The zero-order chi connectivity index (χ0) is 22.8. The van der Waals surface area contributed by atoms with Gasteiger partial charge >= 0.3 is 0 Å². The Morgan fingerprint density at radius 1 is 0.812 bits per heavy atom. The molecular formula is C26H29BO4S. The normalized spacial score (nSPS) is 13.8. The Hall–Kier alpha value is -2.73. The Kier molecular flexibility index (Phi) is 8.80. The van der Waals surface area contributed by atoms with Crippen LogP contribution in [0.15, 0.2) is 94.5 Å². The summed E-state index contributed by atoms with van der Waals surface area (Å²) in [4.78, 5) is 0.459. The molecule has 0 atom stereocenters. The summed E-state index contributed by atoms with van der Waals surface area (Å²) in [7, 11) is 2.08. The maximum absolute atomic E-state index is 12.7. The molecule has 166 valence electrons. The maximum Gasteiger partial charge on any atom is 0.206 e. The standard InChI is InChI=1S/C26H29BO4S/c1-2-21-7-11-23(12-8-21)30-19-5-3-4-6-20-31-24-13-17-26(18-14-24)32(28,29)25-15-9-22(27)10-16-25/h2,7,9-11,13-18H,1,3-6,8,12,19-20H2. The minimum absolute atomic E-state index is 0.224. The van der Waals surface area contributed by atoms with Crippen molar-refractivity contribution in [3.05, 3.63) is 84.7 Å². The van der Waals surface area contributed by atoms with Crippen LogP contribution < -0.4 is 10.2 Å². The van der Waals surface area contributed by atoms with Gasteiger partial charge in [-0.3, -0.25) is 0 Å². The van der Waals surface area contributed by atoms with E-state index in [1.165, 1.54) is 17.7 Å². The van der Waals surface area contributed by atoms with E-state index < -0.39 is 9.84 Å². The fourth-order valence-corrected chi connectivity index (χ4v) is 4.63. The first kappa shape index (κ1) is 23.9. The van der Waals surface area contributed by atoms with Gasteiger partial charge in [0, 0.05) is 6.42 Å². The summed E-state index contributed by atoms with van der Waals surface area (Å²) in [6, 6.07) is 12.7. The largest absolute Gasteiger partial charge is 0.498 e. The monoisotopic (exact) mass is 448 g/mol. The minimum atomic E-state index is -3.56. The number of rotatable bonds is 12. The molecule has 0 aromatic heterocycles. The lowest BCUT2D eigenvalue weighted by Gasteiger charge is -2.14. The second kappa shape index (κ2) is 11.8. The van der Waals surface area contributed by atoms with Gasteiger partial charge in [0.05, 0.1) is 28.8 Å². The summed E-state index contributed by atoms with van der Waals surface area (Å²) >= 11 is 0. The van der Waals surface area contributed by atoms with Crippen LogP contribution in [0, 0.1) is 0 Å². The Morgan fingerprint density at radius 2 is 1.41 bits per heavy atom. The Morgan fingerprint density at radius 3 is 1.97 bits per heavy atom. The lowest BCUT2D eigenvalue weighted by molar-refractivity contribution is 0.194. The van der Waals surface area contributed by atoms with Crippen LogP contribution in [0.3, 0.4) is 0 Å². The molecule has 0 fully saturated rings. The quantitative estimate of drug-likeness (QED) is 0.337. The van der Waals surface area contributed by atoms with Gasteiger partial charge in [0.2, 0.25) is 9.84 Å². The molecule has 0 bridgehead atoms. The highest BCUT2D eigenvalue weighted by Gasteiger charge is 2.17. The SMILES string of the molecule is [B]c1ccc(S(=O)(=O)c2ccc(OCCCCCCOC3=CC=C(C=C)CC3)cc2)cc1. The molecule has 0 amide bonds. The average Bonchev–Trinajstić information content (AvgIpc) is 2.82. The second-order valence-electron chi connectivity index (χ2n) is 7.73. The Labute approximate surface area is 193 Å². The number of unbranched alkanes of at least 4 members (excludes halogenated alkanes) is 3. The van der Waals surface area contributed by atoms with Crippen LogP contribution in [-0.4, -0.2) is 29.5 Å². The molecule has 6 heteroatoms. The first-order valence-corrected chi connectivity index (χ1v) is 12.5. The van der Waals surface area contributed by atoms with Gasteiger partial charge in [-0.15, -0.1) is 0 Å². The summed E-state index contributed by atoms with van der Waals surface area (Å²) in [5, 5.41) is 0. The van der Waals surface area contributed by atoms with E-state index in [4.69, 9.17) is 17.3 Å². The highest BCUT2D eigenvalue weighted by molar-refractivity contribution is 7.91. The topological polar surface area (TPSA) is 52.6 Å². The smallest absolute Gasteiger partial charge is 0.206 e. The van der Waals surface area contributed by atoms with E-state index >= 15 is 0 Å². The first-order chi connectivity index (χ1) is 15.5. The fraction of sp³-hybridized carbons (Fsp3) is 0.308. The molecule has 32 heavy (non-hydrogen) atoms. The number of hydrogen-bond donors (Lipinski definition) is 0. The summed E-state index contributed by atoms with van der Waals surface area (Å²) < 4.78 is 36.9. The van der Waals surface area contributed by atoms with Gasteiger partial charge in [-0.1, -0.05) is 36.3 Å². The van der Waals surface area contributed by atoms with Crippen molar-refractivity contribution in [1.29, 1.82) is 0 Å². The molecule has 2 aromatic carbocycles. The summed E-state index contributed by atoms with van der Waals surface area (Å²) in [5.41, 5.74) is 1.79. The lowest BCUT2D eigenvalue weighted by atomic mass is 9.97. The Balaban J connectivity index is 1.33. The van der Waals surface area contributed by atoms with Crippen molar-refractivity contribution in [2.75, 3.05) is 13.2 Å². The van der Waals surface area contributed by atoms with E-state index in [1.54, 1.807) is 36.4 Å². The van der Waals surface area contributed by atoms with Crippen molar-refractivity contribution in [2.45, 2.75) is 48.3 Å². The van der Waals surface area contributed by atoms with Crippen molar-refractivity contribution in [3.63, 3.8) is 0 Å². The van der Waals surface area contributed by atoms with Crippen molar-refractivity contribution in [2.24, 2.45) is 0 Å². The summed E-state index contributed by atoms with van der Waals surface area (Å²) in [5.74, 6) is 1.72. The molecule has 2 radical (unpaired) electrons. The third-order valence-corrected chi connectivity index (χ3v) is 7.11. The predicted molar refractivity (Wildman–Crippen MR) is 129 cm³/mol. The Bertz CT molecular complexity index is 1050. The van der Waals surface area contributed by atoms with Crippen LogP contribution in [0.1, 0.15) is 38.5 Å². The van der Waals surface area contributed by atoms with Gasteiger partial charge in [0.15, 0.2) is 0 Å². The van der Waals surface area contributed by atoms with Gasteiger partial charge in [0.25, 0.3) is 0 Å². The third-order valence-electron chi connectivity index (χ3n) is 5.32. The van der Waals surface area contributed by atoms with E-state index in [1.807, 2.05) is 12.2 Å². The van der Waals surface area contributed by atoms with E-state index in [0.717, 1.165) is 50.9 Å². The van der Waals surface area contributed by atoms with Crippen LogP contribution >= 0.6 is 0 Å². The lowest BCUT2D eigenvalue weighted by Crippen LogP contribution is -2.06. The first-order valence-electron chi connectivity index (χ1n) is 11.0. The maximum atomic E-state index is 12.7. The molecule has 1 aliphatic carbocycles. The van der Waals surface area contributed by atoms with Crippen LogP contribution in [-0.2, 0) is 14.6 Å². The number of ether oxygens (including phenoxy) is 2. The minimum Gasteiger partial charge on any atom is -0.498 e. The second-order valence-corrected chi connectivity index (χ2v) is 9.68. The molecule has 0 spiro atoms. The highest BCUT2D eigenvalue weighted by Crippen LogP contribution is 2.23. The van der Waals surface area contributed by atoms with Crippen LogP contribution in [0.2, 0.25) is 0 Å². The van der Waals surface area contributed by atoms with Crippen molar-refractivity contribution in [1.82, 2.24) is 0 Å². The molecule has 2 aromatic rings. The molecule has 0 unspecified atom stereocenters. The number of benzene rings is 2. The molecule has 0 N–H and O–H groups in total.